The number of hydrogen-bond donors (Lipinski definition) is 2. The molecular weight excluding hydrogens is 544 g/mol. The Morgan fingerprint density at radius 1 is 1.15 bits per heavy atom. The number of aliphatic hydroxyl groups is 1. The molecule has 41 heavy (non-hydrogen) atoms. The average molecular weight is 581 g/mol. The first-order valence-corrected chi connectivity index (χ1v) is 15.5. The lowest BCUT2D eigenvalue weighted by atomic mass is 9.84. The normalized spacial score (nSPS) is 24.6. The molecule has 2 fully saturated rings. The zero-order valence-corrected chi connectivity index (χ0v) is 24.2. The fourth-order valence-corrected chi connectivity index (χ4v) is 8.00. The molecule has 4 heterocycles. The van der Waals surface area contributed by atoms with E-state index in [2.05, 4.69) is 45.4 Å². The summed E-state index contributed by atoms with van der Waals surface area (Å²) in [7, 11) is -2.39. The van der Waals surface area contributed by atoms with E-state index in [1.807, 2.05) is 6.07 Å². The summed E-state index contributed by atoms with van der Waals surface area (Å²) in [5.74, 6) is 0.413. The molecule has 1 aromatic heterocycles. The van der Waals surface area contributed by atoms with E-state index in [9.17, 15) is 18.3 Å². The van der Waals surface area contributed by atoms with Gasteiger partial charge in [0, 0.05) is 57.2 Å². The largest absolute Gasteiger partial charge is 0.492 e. The third-order valence-electron chi connectivity index (χ3n) is 8.73. The van der Waals surface area contributed by atoms with Gasteiger partial charge in [-0.15, -0.1) is 0 Å². The third-order valence-corrected chi connectivity index (χ3v) is 10.6. The fourth-order valence-electron chi connectivity index (χ4n) is 6.25. The Morgan fingerprint density at radius 3 is 2.66 bits per heavy atom. The minimum absolute atomic E-state index is 0.0284. The summed E-state index contributed by atoms with van der Waals surface area (Å²) in [5, 5.41) is 17.9. The van der Waals surface area contributed by atoms with Crippen LogP contribution in [-0.4, -0.2) is 87.3 Å². The van der Waals surface area contributed by atoms with Crippen LogP contribution in [0.25, 0.3) is 11.4 Å². The number of fused-ring (bicyclic) bond motifs is 2. The Balaban J connectivity index is 1.31. The van der Waals surface area contributed by atoms with Gasteiger partial charge in [-0.25, -0.2) is 18.1 Å². The smallest absolute Gasteiger partial charge is 0.247 e. The number of carbonyl (C=O) groups excluding carboxylic acids is 1. The SMILES string of the molecule is Cc1ccccc1CN1CCC2(CCOc3cc(-c4ncnn4C)ccc3S(=O)(=O)N3C[C@H](O)C[C@H]3C(=O)N2)CC1. The minimum Gasteiger partial charge on any atom is -0.492 e. The van der Waals surface area contributed by atoms with Crippen molar-refractivity contribution in [1.82, 2.24) is 29.3 Å². The maximum absolute atomic E-state index is 13.9. The molecule has 3 aliphatic heterocycles. The Bertz CT molecular complexity index is 1550. The van der Waals surface area contributed by atoms with Gasteiger partial charge in [0.1, 0.15) is 23.0 Å². The summed E-state index contributed by atoms with van der Waals surface area (Å²) in [6.45, 7) is 4.62. The average Bonchev–Trinajstić information content (AvgIpc) is 3.56. The van der Waals surface area contributed by atoms with Gasteiger partial charge in [0.15, 0.2) is 5.82 Å². The molecule has 2 aromatic carbocycles. The molecule has 2 atom stereocenters. The van der Waals surface area contributed by atoms with Crippen molar-refractivity contribution in [3.05, 3.63) is 59.9 Å². The monoisotopic (exact) mass is 580 g/mol. The molecule has 0 unspecified atom stereocenters. The van der Waals surface area contributed by atoms with Gasteiger partial charge in [-0.3, -0.25) is 9.69 Å². The molecule has 0 aliphatic carbocycles. The lowest BCUT2D eigenvalue weighted by molar-refractivity contribution is -0.127. The van der Waals surface area contributed by atoms with Crippen molar-refractivity contribution in [3.63, 3.8) is 0 Å². The van der Waals surface area contributed by atoms with Crippen LogP contribution in [0.3, 0.4) is 0 Å². The van der Waals surface area contributed by atoms with Crippen LogP contribution < -0.4 is 10.1 Å². The number of rotatable bonds is 3. The molecule has 6 rings (SSSR count). The second-order valence-corrected chi connectivity index (χ2v) is 13.3. The van der Waals surface area contributed by atoms with Crippen LogP contribution in [-0.2, 0) is 28.4 Å². The van der Waals surface area contributed by atoms with Crippen LogP contribution in [0.2, 0.25) is 0 Å². The number of aryl methyl sites for hydroxylation is 2. The molecule has 218 valence electrons. The number of amides is 1. The van der Waals surface area contributed by atoms with E-state index in [4.69, 9.17) is 4.74 Å². The Labute approximate surface area is 240 Å². The minimum atomic E-state index is -4.15. The lowest BCUT2D eigenvalue weighted by Crippen LogP contribution is -2.59. The quantitative estimate of drug-likeness (QED) is 0.480. The van der Waals surface area contributed by atoms with Crippen LogP contribution >= 0.6 is 0 Å². The Kier molecular flexibility index (Phi) is 7.35. The van der Waals surface area contributed by atoms with Gasteiger partial charge in [0.2, 0.25) is 15.9 Å². The number of aromatic nitrogens is 3. The van der Waals surface area contributed by atoms with Gasteiger partial charge in [-0.2, -0.15) is 9.40 Å². The number of likely N-dealkylation sites (tertiary alicyclic amines) is 1. The van der Waals surface area contributed by atoms with Crippen LogP contribution in [0.15, 0.2) is 53.7 Å². The number of piperidine rings is 1. The predicted molar refractivity (Wildman–Crippen MR) is 151 cm³/mol. The van der Waals surface area contributed by atoms with Crippen LogP contribution in [0.4, 0.5) is 0 Å². The van der Waals surface area contributed by atoms with Gasteiger partial charge in [0.05, 0.1) is 12.7 Å². The highest BCUT2D eigenvalue weighted by Crippen LogP contribution is 2.37. The molecule has 12 heteroatoms. The van der Waals surface area contributed by atoms with Gasteiger partial charge in [0.25, 0.3) is 0 Å². The number of hydrogen-bond acceptors (Lipinski definition) is 8. The molecular formula is C29H36N6O5S. The second kappa shape index (κ2) is 10.8. The lowest BCUT2D eigenvalue weighted by Gasteiger charge is -2.43. The van der Waals surface area contributed by atoms with Gasteiger partial charge in [-0.05, 0) is 49.1 Å². The number of sulfonamides is 1. The van der Waals surface area contributed by atoms with Crippen molar-refractivity contribution in [2.45, 2.75) is 61.7 Å². The number of nitrogens with zero attached hydrogens (tertiary/aromatic N) is 5. The summed E-state index contributed by atoms with van der Waals surface area (Å²) < 4.78 is 36.8. The molecule has 3 aromatic rings. The second-order valence-electron chi connectivity index (χ2n) is 11.4. The molecule has 2 N–H and O–H groups in total. The van der Waals surface area contributed by atoms with Crippen molar-refractivity contribution in [2.24, 2.45) is 7.05 Å². The first kappa shape index (κ1) is 27.8. The van der Waals surface area contributed by atoms with E-state index in [1.54, 1.807) is 23.9 Å². The number of aliphatic hydroxyl groups excluding tert-OH is 1. The highest BCUT2D eigenvalue weighted by molar-refractivity contribution is 7.89. The topological polar surface area (TPSA) is 130 Å². The van der Waals surface area contributed by atoms with E-state index in [0.29, 0.717) is 30.7 Å². The number of nitrogens with one attached hydrogen (secondary N) is 1. The Morgan fingerprint density at radius 2 is 1.93 bits per heavy atom. The van der Waals surface area contributed by atoms with Crippen LogP contribution in [0.5, 0.6) is 5.75 Å². The van der Waals surface area contributed by atoms with Crippen LogP contribution in [0, 0.1) is 6.92 Å². The first-order chi connectivity index (χ1) is 19.6. The maximum Gasteiger partial charge on any atom is 0.247 e. The molecule has 0 bridgehead atoms. The van der Waals surface area contributed by atoms with Crippen molar-refractivity contribution in [2.75, 3.05) is 26.2 Å². The van der Waals surface area contributed by atoms with Crippen LogP contribution in [0.1, 0.15) is 36.8 Å². The highest BCUT2D eigenvalue weighted by atomic mass is 32.2. The van der Waals surface area contributed by atoms with Crippen molar-refractivity contribution in [1.29, 1.82) is 0 Å². The molecule has 1 spiro atoms. The zero-order chi connectivity index (χ0) is 28.8. The fraction of sp³-hybridized carbons (Fsp3) is 0.483. The summed E-state index contributed by atoms with van der Waals surface area (Å²) in [6.07, 6.45) is 2.50. The maximum atomic E-state index is 13.9. The molecule has 3 aliphatic rings. The first-order valence-electron chi connectivity index (χ1n) is 14.1. The van der Waals surface area contributed by atoms with Gasteiger partial charge >= 0.3 is 0 Å². The van der Waals surface area contributed by atoms with Gasteiger partial charge in [-0.1, -0.05) is 24.3 Å². The van der Waals surface area contributed by atoms with Crippen molar-refractivity contribution in [3.8, 4) is 17.1 Å². The molecule has 2 saturated heterocycles. The summed E-state index contributed by atoms with van der Waals surface area (Å²) >= 11 is 0. The summed E-state index contributed by atoms with van der Waals surface area (Å²) in [4.78, 5) is 20.4. The van der Waals surface area contributed by atoms with E-state index >= 15 is 0 Å². The standard InChI is InChI=1S/C29H36N6O5S/c1-20-5-3-4-6-22(20)17-34-12-9-29(10-13-34)11-14-40-25-15-21(27-30-19-31-33(27)2)7-8-26(25)41(38,39)35-18-23(36)16-24(35)28(37)32-29/h3-8,15,19,23-24,36H,9-14,16-18H2,1-2H3,(H,32,37)/t23-,24+/m1/s1. The van der Waals surface area contributed by atoms with E-state index in [1.165, 1.54) is 23.5 Å². The van der Waals surface area contributed by atoms with E-state index < -0.39 is 27.7 Å². The van der Waals surface area contributed by atoms with Crippen molar-refractivity contribution >= 4 is 15.9 Å². The predicted octanol–water partition coefficient (Wildman–Crippen LogP) is 1.85. The molecule has 1 amide bonds. The number of ether oxygens (including phenoxy) is 1. The summed E-state index contributed by atoms with van der Waals surface area (Å²) in [6, 6.07) is 12.2. The van der Waals surface area contributed by atoms with Gasteiger partial charge < -0.3 is 15.2 Å². The zero-order valence-electron chi connectivity index (χ0n) is 23.4. The summed E-state index contributed by atoms with van der Waals surface area (Å²) in [5.41, 5.74) is 2.66. The van der Waals surface area contributed by atoms with E-state index in [0.717, 1.165) is 23.9 Å². The highest BCUT2D eigenvalue weighted by Gasteiger charge is 2.47. The molecule has 0 saturated carbocycles. The molecule has 11 nitrogen and oxygen atoms in total. The third kappa shape index (κ3) is 5.36. The number of carbonyl (C=O) groups is 1. The molecule has 0 radical (unpaired) electrons. The number of benzene rings is 2. The van der Waals surface area contributed by atoms with E-state index in [-0.39, 0.29) is 36.1 Å². The van der Waals surface area contributed by atoms with Crippen molar-refractivity contribution < 1.29 is 23.1 Å². The Hall–Kier alpha value is -3.32.